The number of halogens is 1. The van der Waals surface area contributed by atoms with Crippen molar-refractivity contribution in [1.82, 2.24) is 9.88 Å². The molecule has 172 valence electrons. The van der Waals surface area contributed by atoms with Crippen molar-refractivity contribution in [2.75, 3.05) is 35.8 Å². The Morgan fingerprint density at radius 2 is 1.70 bits per heavy atom. The first-order valence-corrected chi connectivity index (χ1v) is 12.5. The van der Waals surface area contributed by atoms with E-state index in [9.17, 15) is 13.2 Å². The summed E-state index contributed by atoms with van der Waals surface area (Å²) in [6.07, 6.45) is 1.69. The largest absolute Gasteiger partial charge is 0.352 e. The molecule has 1 saturated heterocycles. The monoisotopic (exact) mass is 484 g/mol. The summed E-state index contributed by atoms with van der Waals surface area (Å²) in [5, 5.41) is 0.576. The van der Waals surface area contributed by atoms with Crippen LogP contribution in [-0.4, -0.2) is 50.4 Å². The van der Waals surface area contributed by atoms with E-state index in [0.717, 1.165) is 11.1 Å². The highest BCUT2D eigenvalue weighted by Crippen LogP contribution is 2.25. The number of nitrogens with one attached hydrogen (secondary N) is 1. The average molecular weight is 485 g/mol. The second-order valence-electron chi connectivity index (χ2n) is 8.04. The average Bonchev–Trinajstić information content (AvgIpc) is 2.81. The van der Waals surface area contributed by atoms with Gasteiger partial charge in [-0.05, 0) is 55.8 Å². The lowest BCUT2D eigenvalue weighted by atomic mass is 10.1. The van der Waals surface area contributed by atoms with E-state index in [-0.39, 0.29) is 10.8 Å². The molecule has 1 N–H and O–H groups in total. The molecule has 33 heavy (non-hydrogen) atoms. The van der Waals surface area contributed by atoms with Crippen LogP contribution in [-0.2, 0) is 10.0 Å². The quantitative estimate of drug-likeness (QED) is 0.589. The van der Waals surface area contributed by atoms with E-state index >= 15 is 0 Å². The van der Waals surface area contributed by atoms with Gasteiger partial charge in [-0.1, -0.05) is 35.4 Å². The minimum Gasteiger partial charge on any atom is -0.352 e. The number of sulfonamides is 1. The molecule has 1 fully saturated rings. The molecule has 7 nitrogen and oxygen atoms in total. The number of carbonyl (C=O) groups excluding carboxylic acids is 1. The molecule has 0 unspecified atom stereocenters. The Balaban J connectivity index is 1.50. The van der Waals surface area contributed by atoms with Crippen molar-refractivity contribution in [3.8, 4) is 0 Å². The molecule has 0 aliphatic carbocycles. The Hall–Kier alpha value is -3.10. The van der Waals surface area contributed by atoms with Crippen LogP contribution < -0.4 is 9.62 Å². The fourth-order valence-corrected chi connectivity index (χ4v) is 5.06. The van der Waals surface area contributed by atoms with Crippen molar-refractivity contribution < 1.29 is 13.2 Å². The number of nitrogens with zero attached hydrogens (tertiary/aromatic N) is 3. The Morgan fingerprint density at radius 3 is 2.36 bits per heavy atom. The number of aromatic nitrogens is 1. The van der Waals surface area contributed by atoms with Gasteiger partial charge in [0.05, 0.1) is 9.92 Å². The van der Waals surface area contributed by atoms with Crippen molar-refractivity contribution in [1.29, 1.82) is 0 Å². The highest BCUT2D eigenvalue weighted by atomic mass is 35.5. The smallest absolute Gasteiger partial charge is 0.261 e. The van der Waals surface area contributed by atoms with Crippen LogP contribution in [0.4, 0.5) is 11.5 Å². The van der Waals surface area contributed by atoms with Crippen LogP contribution in [0.3, 0.4) is 0 Å². The van der Waals surface area contributed by atoms with Gasteiger partial charge < -0.3 is 9.80 Å². The summed E-state index contributed by atoms with van der Waals surface area (Å²) in [5.41, 5.74) is 2.61. The van der Waals surface area contributed by atoms with Gasteiger partial charge in [0.1, 0.15) is 5.82 Å². The molecule has 2 aromatic carbocycles. The second-order valence-corrected chi connectivity index (χ2v) is 10.1. The molecule has 1 aromatic heterocycles. The predicted molar refractivity (Wildman–Crippen MR) is 131 cm³/mol. The molecular weight excluding hydrogens is 460 g/mol. The van der Waals surface area contributed by atoms with Crippen LogP contribution in [0.2, 0.25) is 5.02 Å². The van der Waals surface area contributed by atoms with E-state index in [1.807, 2.05) is 24.0 Å². The highest BCUT2D eigenvalue weighted by Gasteiger charge is 2.26. The van der Waals surface area contributed by atoms with E-state index < -0.39 is 10.0 Å². The Labute approximate surface area is 199 Å². The number of anilines is 2. The third kappa shape index (κ3) is 5.12. The van der Waals surface area contributed by atoms with Crippen LogP contribution in [0.25, 0.3) is 0 Å². The summed E-state index contributed by atoms with van der Waals surface area (Å²) in [6.45, 7) is 5.90. The second kappa shape index (κ2) is 9.41. The zero-order valence-corrected chi connectivity index (χ0v) is 20.0. The van der Waals surface area contributed by atoms with E-state index in [2.05, 4.69) is 9.71 Å². The first-order chi connectivity index (χ1) is 15.7. The number of rotatable bonds is 5. The van der Waals surface area contributed by atoms with Gasteiger partial charge >= 0.3 is 0 Å². The van der Waals surface area contributed by atoms with Crippen LogP contribution in [0.15, 0.2) is 65.7 Å². The first-order valence-electron chi connectivity index (χ1n) is 10.6. The molecule has 0 spiro atoms. The summed E-state index contributed by atoms with van der Waals surface area (Å²) in [4.78, 5) is 21.4. The molecule has 1 aliphatic heterocycles. The number of pyridine rings is 1. The minimum atomic E-state index is -3.83. The maximum atomic E-state index is 13.3. The van der Waals surface area contributed by atoms with E-state index in [1.54, 1.807) is 48.4 Å². The Morgan fingerprint density at radius 1 is 1.00 bits per heavy atom. The lowest BCUT2D eigenvalue weighted by Crippen LogP contribution is -2.49. The maximum absolute atomic E-state index is 13.3. The lowest BCUT2D eigenvalue weighted by Gasteiger charge is -2.36. The van der Waals surface area contributed by atoms with Crippen molar-refractivity contribution in [3.05, 3.63) is 82.5 Å². The van der Waals surface area contributed by atoms with Gasteiger partial charge in [0.15, 0.2) is 0 Å². The molecule has 9 heteroatoms. The van der Waals surface area contributed by atoms with Gasteiger partial charge in [-0.2, -0.15) is 0 Å². The number of carbonyl (C=O) groups is 1. The van der Waals surface area contributed by atoms with Crippen molar-refractivity contribution in [2.45, 2.75) is 18.7 Å². The van der Waals surface area contributed by atoms with Crippen molar-refractivity contribution >= 4 is 39.0 Å². The van der Waals surface area contributed by atoms with Crippen molar-refractivity contribution in [2.24, 2.45) is 0 Å². The summed E-state index contributed by atoms with van der Waals surface area (Å²) < 4.78 is 28.4. The fraction of sp³-hybridized carbons (Fsp3) is 0.250. The fourth-order valence-electron chi connectivity index (χ4n) is 3.74. The lowest BCUT2D eigenvalue weighted by molar-refractivity contribution is 0.0745. The molecule has 0 radical (unpaired) electrons. The molecule has 1 aliphatic rings. The van der Waals surface area contributed by atoms with Crippen LogP contribution in [0.5, 0.6) is 0 Å². The number of aryl methyl sites for hydroxylation is 2. The van der Waals surface area contributed by atoms with Crippen LogP contribution >= 0.6 is 11.6 Å². The number of hydrogen-bond donors (Lipinski definition) is 1. The maximum Gasteiger partial charge on any atom is 0.261 e. The SMILES string of the molecule is Cc1ccc(NS(=O)(=O)c2ccc(C)c(C(=O)N3CCN(c4ncccc4Cl)CC3)c2)cc1. The van der Waals surface area contributed by atoms with Crippen molar-refractivity contribution in [3.63, 3.8) is 0 Å². The third-order valence-corrected chi connectivity index (χ3v) is 7.33. The third-order valence-electron chi connectivity index (χ3n) is 5.66. The molecule has 0 bridgehead atoms. The summed E-state index contributed by atoms with van der Waals surface area (Å²) >= 11 is 6.25. The number of benzene rings is 2. The van der Waals surface area contributed by atoms with E-state index in [1.165, 1.54) is 12.1 Å². The summed E-state index contributed by atoms with van der Waals surface area (Å²) in [7, 11) is -3.83. The summed E-state index contributed by atoms with van der Waals surface area (Å²) in [6, 6.07) is 15.3. The summed E-state index contributed by atoms with van der Waals surface area (Å²) in [5.74, 6) is 0.518. The molecule has 2 heterocycles. The van der Waals surface area contributed by atoms with Crippen LogP contribution in [0, 0.1) is 13.8 Å². The van der Waals surface area contributed by atoms with Gasteiger partial charge in [-0.3, -0.25) is 9.52 Å². The number of piperazine rings is 1. The number of hydrogen-bond acceptors (Lipinski definition) is 5. The van der Waals surface area contributed by atoms with Gasteiger partial charge in [-0.15, -0.1) is 0 Å². The predicted octanol–water partition coefficient (Wildman–Crippen LogP) is 4.12. The molecule has 0 saturated carbocycles. The Kier molecular flexibility index (Phi) is 6.58. The highest BCUT2D eigenvalue weighted by molar-refractivity contribution is 7.92. The van der Waals surface area contributed by atoms with Gasteiger partial charge in [0, 0.05) is 43.6 Å². The van der Waals surface area contributed by atoms with Gasteiger partial charge in [-0.25, -0.2) is 13.4 Å². The molecule has 4 rings (SSSR count). The minimum absolute atomic E-state index is 0.0518. The zero-order valence-electron chi connectivity index (χ0n) is 18.5. The number of amides is 1. The van der Waals surface area contributed by atoms with E-state index in [0.29, 0.717) is 48.3 Å². The molecule has 3 aromatic rings. The normalized spacial score (nSPS) is 14.3. The molecule has 1 amide bonds. The zero-order chi connectivity index (χ0) is 23.6. The topological polar surface area (TPSA) is 82.6 Å². The molecular formula is C24H25ClN4O3S. The standard InChI is InChI=1S/C24H25ClN4O3S/c1-17-5-8-19(9-6-17)27-33(31,32)20-10-7-18(2)21(16-20)24(30)29-14-12-28(13-15-29)23-22(25)4-3-11-26-23/h3-11,16,27H,12-15H2,1-2H3. The molecule has 0 atom stereocenters. The van der Waals surface area contributed by atoms with E-state index in [4.69, 9.17) is 11.6 Å². The van der Waals surface area contributed by atoms with Crippen LogP contribution in [0.1, 0.15) is 21.5 Å². The Bertz CT molecular complexity index is 1270. The van der Waals surface area contributed by atoms with Gasteiger partial charge in [0.25, 0.3) is 15.9 Å². The first kappa shape index (κ1) is 23.1. The van der Waals surface area contributed by atoms with Gasteiger partial charge in [0.2, 0.25) is 0 Å².